The van der Waals surface area contributed by atoms with Crippen LogP contribution in [-0.4, -0.2) is 45.7 Å². The number of rotatable bonds is 5. The number of ketones is 1. The van der Waals surface area contributed by atoms with E-state index in [1.807, 2.05) is 0 Å². The van der Waals surface area contributed by atoms with Crippen LogP contribution in [0.2, 0.25) is 0 Å². The Bertz CT molecular complexity index is 1340. The summed E-state index contributed by atoms with van der Waals surface area (Å²) in [6, 6.07) is 10.2. The number of carboxylic acids is 1. The molecule has 1 N–H and O–H groups in total. The molecule has 210 valence electrons. The lowest BCUT2D eigenvalue weighted by Crippen LogP contribution is -2.59. The number of carboxylic acid groups (broad SMARTS) is 1. The highest BCUT2D eigenvalue weighted by molar-refractivity contribution is 6.10. The van der Waals surface area contributed by atoms with Crippen molar-refractivity contribution < 1.29 is 28.7 Å². The maximum Gasteiger partial charge on any atom is 0.326 e. The largest absolute Gasteiger partial charge is 0.480 e. The molecule has 4 saturated carbocycles. The molecular formula is C32H35FN2O5. The van der Waals surface area contributed by atoms with E-state index in [9.17, 15) is 28.7 Å². The van der Waals surface area contributed by atoms with Gasteiger partial charge >= 0.3 is 5.97 Å². The van der Waals surface area contributed by atoms with E-state index in [1.54, 1.807) is 42.5 Å². The van der Waals surface area contributed by atoms with E-state index in [4.69, 9.17) is 0 Å². The van der Waals surface area contributed by atoms with Crippen LogP contribution < -0.4 is 4.90 Å². The van der Waals surface area contributed by atoms with Crippen molar-refractivity contribution in [1.82, 2.24) is 4.90 Å². The van der Waals surface area contributed by atoms with Gasteiger partial charge in [0, 0.05) is 24.5 Å². The van der Waals surface area contributed by atoms with Gasteiger partial charge in [-0.2, -0.15) is 0 Å². The lowest BCUT2D eigenvalue weighted by atomic mass is 9.48. The number of benzene rings is 2. The van der Waals surface area contributed by atoms with Crippen molar-refractivity contribution in [2.75, 3.05) is 4.90 Å². The Morgan fingerprint density at radius 2 is 1.55 bits per heavy atom. The highest BCUT2D eigenvalue weighted by Crippen LogP contribution is 2.62. The standard InChI is InChI=1S/C32H35FN2O5/c1-19(36)35-27(31(39)40)13-29(37)24-7-3-5-9-26(24)34(18-23-6-2-4-8-25(23)33)30(38)28(35)17-32-14-20-10-21(15-32)12-22(11-20)16-32/h2-9,20-22,27-28H,10-18H2,1H3,(H,39,40)/t20?,21?,22?,27-,28+,32?/m1/s1. The van der Waals surface area contributed by atoms with E-state index in [0.29, 0.717) is 29.9 Å². The number of halogens is 1. The Labute approximate surface area is 233 Å². The Kier molecular flexibility index (Phi) is 6.75. The average Bonchev–Trinajstić information content (AvgIpc) is 2.93. The fraction of sp³-hybridized carbons (Fsp3) is 0.500. The van der Waals surface area contributed by atoms with Gasteiger partial charge in [-0.1, -0.05) is 30.3 Å². The van der Waals surface area contributed by atoms with Crippen LogP contribution in [0.5, 0.6) is 0 Å². The molecule has 7 rings (SSSR count). The number of carbonyl (C=O) groups is 4. The molecule has 5 aliphatic rings. The van der Waals surface area contributed by atoms with Crippen LogP contribution in [0.15, 0.2) is 48.5 Å². The van der Waals surface area contributed by atoms with Crippen molar-refractivity contribution in [3.8, 4) is 0 Å². The van der Waals surface area contributed by atoms with Crippen LogP contribution in [0.4, 0.5) is 10.1 Å². The van der Waals surface area contributed by atoms with Gasteiger partial charge in [-0.3, -0.25) is 14.4 Å². The monoisotopic (exact) mass is 546 g/mol. The summed E-state index contributed by atoms with van der Waals surface area (Å²) in [5.74, 6) is -1.52. The molecule has 0 saturated heterocycles. The first kappa shape index (κ1) is 26.7. The number of hydrogen-bond acceptors (Lipinski definition) is 4. The van der Waals surface area contributed by atoms with Gasteiger partial charge in [-0.25, -0.2) is 9.18 Å². The van der Waals surface area contributed by atoms with Crippen molar-refractivity contribution in [2.45, 2.75) is 76.9 Å². The molecule has 40 heavy (non-hydrogen) atoms. The third kappa shape index (κ3) is 4.71. The average molecular weight is 547 g/mol. The predicted molar refractivity (Wildman–Crippen MR) is 146 cm³/mol. The lowest BCUT2D eigenvalue weighted by Gasteiger charge is -2.58. The quantitative estimate of drug-likeness (QED) is 0.555. The van der Waals surface area contributed by atoms with Gasteiger partial charge in [0.1, 0.15) is 17.9 Å². The van der Waals surface area contributed by atoms with Gasteiger partial charge in [0.15, 0.2) is 5.78 Å². The van der Waals surface area contributed by atoms with Crippen LogP contribution in [-0.2, 0) is 20.9 Å². The molecule has 4 bridgehead atoms. The fourth-order valence-electron chi connectivity index (χ4n) is 8.70. The third-order valence-corrected chi connectivity index (χ3v) is 9.82. The van der Waals surface area contributed by atoms with Crippen molar-refractivity contribution >= 4 is 29.3 Å². The van der Waals surface area contributed by atoms with E-state index in [-0.39, 0.29) is 23.1 Å². The SMILES string of the molecule is CC(=O)N1[C@@H](C(=O)O)CC(=O)c2ccccc2N(Cc2ccccc2F)C(=O)[C@@H]1CC12CC3CC(CC(C3)C1)C2. The Balaban J connectivity index is 1.49. The molecule has 2 amide bonds. The predicted octanol–water partition coefficient (Wildman–Crippen LogP) is 5.22. The van der Waals surface area contributed by atoms with Gasteiger partial charge in [0.2, 0.25) is 11.8 Å². The van der Waals surface area contributed by atoms with Crippen molar-refractivity contribution in [3.05, 3.63) is 65.5 Å². The van der Waals surface area contributed by atoms with Crippen LogP contribution in [0.1, 0.15) is 74.2 Å². The lowest BCUT2D eigenvalue weighted by molar-refractivity contribution is -0.156. The molecule has 0 radical (unpaired) electrons. The number of fused-ring (bicyclic) bond motifs is 1. The van der Waals surface area contributed by atoms with Gasteiger partial charge in [-0.15, -0.1) is 0 Å². The number of aliphatic carboxylic acids is 1. The van der Waals surface area contributed by atoms with E-state index < -0.39 is 47.9 Å². The van der Waals surface area contributed by atoms with Gasteiger partial charge in [-0.05, 0) is 86.3 Å². The van der Waals surface area contributed by atoms with Crippen molar-refractivity contribution in [2.24, 2.45) is 23.2 Å². The second-order valence-corrected chi connectivity index (χ2v) is 12.6. The first-order valence-electron chi connectivity index (χ1n) is 14.3. The Hall–Kier alpha value is -3.55. The van der Waals surface area contributed by atoms with Crippen LogP contribution in [0, 0.1) is 29.0 Å². The molecule has 1 aliphatic heterocycles. The summed E-state index contributed by atoms with van der Waals surface area (Å²) >= 11 is 0. The number of carbonyl (C=O) groups excluding carboxylic acids is 3. The summed E-state index contributed by atoms with van der Waals surface area (Å²) in [4.78, 5) is 56.7. The third-order valence-electron chi connectivity index (χ3n) is 9.82. The molecular weight excluding hydrogens is 511 g/mol. The minimum absolute atomic E-state index is 0.142. The smallest absolute Gasteiger partial charge is 0.326 e. The molecule has 0 spiro atoms. The maximum atomic E-state index is 14.9. The summed E-state index contributed by atoms with van der Waals surface area (Å²) in [7, 11) is 0. The van der Waals surface area contributed by atoms with Crippen molar-refractivity contribution in [1.29, 1.82) is 0 Å². The molecule has 2 aromatic carbocycles. The normalized spacial score (nSPS) is 31.4. The molecule has 8 heteroatoms. The second-order valence-electron chi connectivity index (χ2n) is 12.6. The zero-order valence-corrected chi connectivity index (χ0v) is 22.7. The summed E-state index contributed by atoms with van der Waals surface area (Å²) in [5, 5.41) is 10.3. The number of nitrogens with zero attached hydrogens (tertiary/aromatic N) is 2. The molecule has 1 heterocycles. The highest BCUT2D eigenvalue weighted by atomic mass is 19.1. The molecule has 4 fully saturated rings. The van der Waals surface area contributed by atoms with E-state index in [2.05, 4.69) is 0 Å². The Morgan fingerprint density at radius 1 is 0.950 bits per heavy atom. The summed E-state index contributed by atoms with van der Waals surface area (Å²) in [5.41, 5.74) is 0.617. The Morgan fingerprint density at radius 3 is 2.15 bits per heavy atom. The highest BCUT2D eigenvalue weighted by Gasteiger charge is 2.54. The number of amides is 2. The molecule has 2 atom stereocenters. The van der Waals surface area contributed by atoms with Crippen LogP contribution >= 0.6 is 0 Å². The summed E-state index contributed by atoms with van der Waals surface area (Å²) in [6.45, 7) is 1.13. The minimum Gasteiger partial charge on any atom is -0.480 e. The first-order chi connectivity index (χ1) is 19.1. The number of hydrogen-bond donors (Lipinski definition) is 1. The molecule has 0 unspecified atom stereocenters. The zero-order chi connectivity index (χ0) is 28.2. The van der Waals surface area contributed by atoms with Gasteiger partial charge in [0.25, 0.3) is 0 Å². The number of Topliss-reactive ketones (excluding diaryl/α,β-unsaturated/α-hetero) is 1. The molecule has 2 aromatic rings. The summed E-state index contributed by atoms with van der Waals surface area (Å²) in [6.07, 6.45) is 6.42. The van der Waals surface area contributed by atoms with E-state index in [1.165, 1.54) is 37.2 Å². The number of anilines is 1. The van der Waals surface area contributed by atoms with Gasteiger partial charge in [0.05, 0.1) is 12.2 Å². The topological polar surface area (TPSA) is 95.0 Å². The maximum absolute atomic E-state index is 14.9. The van der Waals surface area contributed by atoms with Crippen LogP contribution in [0.3, 0.4) is 0 Å². The fourth-order valence-corrected chi connectivity index (χ4v) is 8.70. The van der Waals surface area contributed by atoms with Gasteiger partial charge < -0.3 is 14.9 Å². The van der Waals surface area contributed by atoms with E-state index >= 15 is 0 Å². The van der Waals surface area contributed by atoms with Crippen molar-refractivity contribution in [3.63, 3.8) is 0 Å². The van der Waals surface area contributed by atoms with Crippen LogP contribution in [0.25, 0.3) is 0 Å². The minimum atomic E-state index is -1.48. The number of para-hydroxylation sites is 1. The molecule has 0 aromatic heterocycles. The van der Waals surface area contributed by atoms with E-state index in [0.717, 1.165) is 24.2 Å². The molecule has 7 nitrogen and oxygen atoms in total. The zero-order valence-electron chi connectivity index (χ0n) is 22.7. The molecule has 4 aliphatic carbocycles. The second kappa shape index (κ2) is 10.1. The summed E-state index contributed by atoms with van der Waals surface area (Å²) < 4.78 is 14.9. The first-order valence-corrected chi connectivity index (χ1v) is 14.3.